The van der Waals surface area contributed by atoms with Crippen LogP contribution in [0.4, 0.5) is 0 Å². The molecule has 1 heteroatoms. The predicted octanol–water partition coefficient (Wildman–Crippen LogP) is 2.53. The number of hydrogen-bond donors (Lipinski definition) is 0. The van der Waals surface area contributed by atoms with Crippen LogP contribution in [0.1, 0.15) is 19.3 Å². The molecule has 1 aliphatic carbocycles. The van der Waals surface area contributed by atoms with Gasteiger partial charge in [-0.05, 0) is 19.3 Å². The number of hydrogen-bond acceptors (Lipinski definition) is 0. The van der Waals surface area contributed by atoms with Crippen LogP contribution in [0.5, 0.6) is 0 Å². The molecule has 0 saturated heterocycles. The monoisotopic (exact) mass is 208 g/mol. The lowest BCUT2D eigenvalue weighted by atomic mass is 10.1. The van der Waals surface area contributed by atoms with Crippen LogP contribution in [-0.2, 0) is 0 Å². The molecule has 1 rings (SSSR count). The summed E-state index contributed by atoms with van der Waals surface area (Å²) in [6.45, 7) is 0. The highest BCUT2D eigenvalue weighted by Crippen LogP contribution is 2.17. The fourth-order valence-corrected chi connectivity index (χ4v) is 1.41. The van der Waals surface area contributed by atoms with Gasteiger partial charge in [0.05, 0.1) is 0 Å². The predicted molar refractivity (Wildman–Crippen MR) is 40.8 cm³/mol. The standard InChI is InChI=1S/C6H9I/c7-6-4-2-1-3-5-6/h1-2,6H,3-5H2. The van der Waals surface area contributed by atoms with Crippen LogP contribution in [-0.4, -0.2) is 3.92 Å². The van der Waals surface area contributed by atoms with Gasteiger partial charge in [0.1, 0.15) is 0 Å². The first-order valence-electron chi connectivity index (χ1n) is 2.68. The molecule has 0 amide bonds. The second-order valence-corrected chi connectivity index (χ2v) is 3.64. The van der Waals surface area contributed by atoms with E-state index in [1.807, 2.05) is 0 Å². The molecule has 0 radical (unpaired) electrons. The van der Waals surface area contributed by atoms with E-state index < -0.39 is 0 Å². The molecule has 1 aliphatic rings. The van der Waals surface area contributed by atoms with Gasteiger partial charge >= 0.3 is 0 Å². The Hall–Kier alpha value is 0.470. The van der Waals surface area contributed by atoms with Crippen molar-refractivity contribution in [2.45, 2.75) is 23.2 Å². The van der Waals surface area contributed by atoms with Gasteiger partial charge in [0.2, 0.25) is 0 Å². The lowest BCUT2D eigenvalue weighted by Crippen LogP contribution is -1.97. The minimum absolute atomic E-state index is 0.919. The average molecular weight is 208 g/mol. The molecule has 40 valence electrons. The van der Waals surface area contributed by atoms with Gasteiger partial charge in [-0.2, -0.15) is 0 Å². The summed E-state index contributed by atoms with van der Waals surface area (Å²) >= 11 is 2.51. The summed E-state index contributed by atoms with van der Waals surface area (Å²) in [6.07, 6.45) is 8.53. The van der Waals surface area contributed by atoms with Gasteiger partial charge in [0.15, 0.2) is 0 Å². The third-order valence-corrected chi connectivity index (χ3v) is 2.34. The highest BCUT2D eigenvalue weighted by atomic mass is 127. The first-order chi connectivity index (χ1) is 3.39. The number of halogens is 1. The Kier molecular flexibility index (Phi) is 2.16. The van der Waals surface area contributed by atoms with Crippen molar-refractivity contribution >= 4 is 22.6 Å². The van der Waals surface area contributed by atoms with Crippen molar-refractivity contribution in [1.82, 2.24) is 0 Å². The van der Waals surface area contributed by atoms with Crippen molar-refractivity contribution in [2.24, 2.45) is 0 Å². The topological polar surface area (TPSA) is 0 Å². The Morgan fingerprint density at radius 1 is 1.43 bits per heavy atom. The summed E-state index contributed by atoms with van der Waals surface area (Å²) in [5, 5.41) is 0. The van der Waals surface area contributed by atoms with Gasteiger partial charge < -0.3 is 0 Å². The second-order valence-electron chi connectivity index (χ2n) is 1.88. The van der Waals surface area contributed by atoms with Crippen molar-refractivity contribution in [2.75, 3.05) is 0 Å². The van der Waals surface area contributed by atoms with E-state index in [-0.39, 0.29) is 0 Å². The molecule has 7 heavy (non-hydrogen) atoms. The van der Waals surface area contributed by atoms with E-state index in [1.165, 1.54) is 19.3 Å². The molecule has 0 bridgehead atoms. The van der Waals surface area contributed by atoms with E-state index in [9.17, 15) is 0 Å². The molecular formula is C6H9I. The van der Waals surface area contributed by atoms with Crippen molar-refractivity contribution in [3.8, 4) is 0 Å². The smallest absolute Gasteiger partial charge is 0.0147 e. The van der Waals surface area contributed by atoms with Crippen LogP contribution >= 0.6 is 22.6 Å². The Labute approximate surface area is 58.1 Å². The SMILES string of the molecule is IC1CC=CCC1. The lowest BCUT2D eigenvalue weighted by molar-refractivity contribution is 0.772. The summed E-state index contributed by atoms with van der Waals surface area (Å²) in [7, 11) is 0. The third-order valence-electron chi connectivity index (χ3n) is 1.21. The van der Waals surface area contributed by atoms with E-state index >= 15 is 0 Å². The van der Waals surface area contributed by atoms with Gasteiger partial charge in [-0.25, -0.2) is 0 Å². The zero-order valence-electron chi connectivity index (χ0n) is 4.23. The molecule has 0 fully saturated rings. The number of allylic oxidation sites excluding steroid dienone is 2. The molecule has 0 N–H and O–H groups in total. The van der Waals surface area contributed by atoms with Crippen molar-refractivity contribution in [3.63, 3.8) is 0 Å². The molecule has 0 aromatic rings. The van der Waals surface area contributed by atoms with E-state index in [0.29, 0.717) is 0 Å². The van der Waals surface area contributed by atoms with Crippen LogP contribution in [0, 0.1) is 0 Å². The lowest BCUT2D eigenvalue weighted by Gasteiger charge is -2.07. The molecule has 0 aromatic carbocycles. The Balaban J connectivity index is 2.32. The molecule has 0 nitrogen and oxygen atoms in total. The summed E-state index contributed by atoms with van der Waals surface area (Å²) in [5.74, 6) is 0. The van der Waals surface area contributed by atoms with Gasteiger partial charge in [0, 0.05) is 3.92 Å². The molecule has 0 aromatic heterocycles. The molecule has 1 atom stereocenters. The highest BCUT2D eigenvalue weighted by molar-refractivity contribution is 14.1. The quantitative estimate of drug-likeness (QED) is 0.326. The first kappa shape index (κ1) is 5.60. The maximum Gasteiger partial charge on any atom is 0.0147 e. The van der Waals surface area contributed by atoms with E-state index in [0.717, 1.165) is 3.92 Å². The van der Waals surface area contributed by atoms with Crippen LogP contribution in [0.15, 0.2) is 12.2 Å². The fourth-order valence-electron chi connectivity index (χ4n) is 0.757. The Bertz CT molecular complexity index is 76.2. The maximum atomic E-state index is 2.51. The minimum Gasteiger partial charge on any atom is -0.0885 e. The van der Waals surface area contributed by atoms with E-state index in [2.05, 4.69) is 34.7 Å². The molecule has 0 spiro atoms. The molecule has 0 aliphatic heterocycles. The van der Waals surface area contributed by atoms with Crippen LogP contribution in [0.25, 0.3) is 0 Å². The number of alkyl halides is 1. The summed E-state index contributed by atoms with van der Waals surface area (Å²) in [5.41, 5.74) is 0. The summed E-state index contributed by atoms with van der Waals surface area (Å²) < 4.78 is 0.919. The summed E-state index contributed by atoms with van der Waals surface area (Å²) in [6, 6.07) is 0. The van der Waals surface area contributed by atoms with Gasteiger partial charge in [-0.1, -0.05) is 34.7 Å². The van der Waals surface area contributed by atoms with Crippen molar-refractivity contribution < 1.29 is 0 Å². The zero-order chi connectivity index (χ0) is 5.11. The molecule has 1 unspecified atom stereocenters. The highest BCUT2D eigenvalue weighted by Gasteiger charge is 2.02. The van der Waals surface area contributed by atoms with Crippen LogP contribution in [0.3, 0.4) is 0 Å². The summed E-state index contributed by atoms with van der Waals surface area (Å²) in [4.78, 5) is 0. The third kappa shape index (κ3) is 1.80. The van der Waals surface area contributed by atoms with E-state index in [4.69, 9.17) is 0 Å². The van der Waals surface area contributed by atoms with Gasteiger partial charge in [-0.15, -0.1) is 0 Å². The van der Waals surface area contributed by atoms with E-state index in [1.54, 1.807) is 0 Å². The zero-order valence-corrected chi connectivity index (χ0v) is 6.39. The second kappa shape index (κ2) is 2.70. The maximum absolute atomic E-state index is 2.51. The normalized spacial score (nSPS) is 30.7. The number of rotatable bonds is 0. The Morgan fingerprint density at radius 2 is 2.29 bits per heavy atom. The minimum atomic E-state index is 0.919. The fraction of sp³-hybridized carbons (Fsp3) is 0.667. The molecular weight excluding hydrogens is 199 g/mol. The van der Waals surface area contributed by atoms with Gasteiger partial charge in [0.25, 0.3) is 0 Å². The van der Waals surface area contributed by atoms with Crippen LogP contribution < -0.4 is 0 Å². The van der Waals surface area contributed by atoms with Gasteiger partial charge in [-0.3, -0.25) is 0 Å². The molecule has 0 heterocycles. The Morgan fingerprint density at radius 3 is 2.57 bits per heavy atom. The molecule has 0 saturated carbocycles. The first-order valence-corrected chi connectivity index (χ1v) is 3.93. The van der Waals surface area contributed by atoms with Crippen molar-refractivity contribution in [1.29, 1.82) is 0 Å². The largest absolute Gasteiger partial charge is 0.0885 e. The average Bonchev–Trinajstić information content (AvgIpc) is 1.69. The van der Waals surface area contributed by atoms with Crippen LogP contribution in [0.2, 0.25) is 0 Å². The van der Waals surface area contributed by atoms with Crippen molar-refractivity contribution in [3.05, 3.63) is 12.2 Å².